The fourth-order valence-corrected chi connectivity index (χ4v) is 8.78. The minimum Gasteiger partial charge on any atom is -0.444 e. The summed E-state index contributed by atoms with van der Waals surface area (Å²) in [6, 6.07) is 27.4. The van der Waals surface area contributed by atoms with Gasteiger partial charge in [0.1, 0.15) is 12.2 Å². The Hall–Kier alpha value is -6.56. The van der Waals surface area contributed by atoms with Crippen LogP contribution in [0.5, 0.6) is 0 Å². The average molecular weight is 1060 g/mol. The minimum atomic E-state index is -3.89. The molecule has 0 radical (unpaired) electrons. The molecule has 4 aromatic heterocycles. The number of nitrogens with one attached hydrogen (secondary N) is 4. The van der Waals surface area contributed by atoms with Gasteiger partial charge in [-0.05, 0) is 64.1 Å². The fourth-order valence-electron chi connectivity index (χ4n) is 6.79. The van der Waals surface area contributed by atoms with E-state index in [1.807, 2.05) is 128 Å². The molecule has 74 heavy (non-hydrogen) atoms. The van der Waals surface area contributed by atoms with Crippen LogP contribution < -0.4 is 20.1 Å². The van der Waals surface area contributed by atoms with E-state index in [0.717, 1.165) is 22.5 Å². The van der Waals surface area contributed by atoms with Gasteiger partial charge >= 0.3 is 12.2 Å². The molecule has 0 unspecified atom stereocenters. The zero-order valence-corrected chi connectivity index (χ0v) is 45.1. The Morgan fingerprint density at radius 2 is 0.919 bits per heavy atom. The highest BCUT2D eigenvalue weighted by molar-refractivity contribution is 7.89. The maximum absolute atomic E-state index is 12.7. The smallest absolute Gasteiger partial charge is 0.407 e. The summed E-state index contributed by atoms with van der Waals surface area (Å²) >= 11 is 0. The van der Waals surface area contributed by atoms with Gasteiger partial charge in [-0.25, -0.2) is 45.8 Å². The predicted octanol–water partition coefficient (Wildman–Crippen LogP) is 6.24. The highest BCUT2D eigenvalue weighted by atomic mass is 32.2. The number of nitrogens with zero attached hydrogens (tertiary/aromatic N) is 6. The molecule has 6 aromatic rings. The molecule has 0 aliphatic rings. The van der Waals surface area contributed by atoms with Crippen molar-refractivity contribution in [3.05, 3.63) is 133 Å². The number of amides is 2. The van der Waals surface area contributed by atoms with Gasteiger partial charge in [-0.15, -0.1) is 0 Å². The SMILES string of the molecule is Cc1ccc(-c2ccn(C[C@@H](OC(=O)N[C@@H](C)[C@@H](O)CNS(=O)(=O)c3ccccn3)C(C)(C)C)n2)cc1.Cc1ccc(-c2ccn(C[C@@H](OC(=O)N[C@@H](C)[C@H](O)CNS(=O)(=O)c3ccccn3)C(C)(C)C)n2)cc1. The highest BCUT2D eigenvalue weighted by Gasteiger charge is 2.32. The molecular formula is C52H70N10O10S2. The number of hydrogen-bond donors (Lipinski definition) is 6. The van der Waals surface area contributed by atoms with Crippen LogP contribution in [0.3, 0.4) is 0 Å². The molecular weight excluding hydrogens is 989 g/mol. The van der Waals surface area contributed by atoms with Gasteiger partial charge in [0, 0.05) is 59.8 Å². The summed E-state index contributed by atoms with van der Waals surface area (Å²) in [5.41, 5.74) is 5.18. The lowest BCUT2D eigenvalue weighted by molar-refractivity contribution is 0.0135. The maximum atomic E-state index is 12.7. The summed E-state index contributed by atoms with van der Waals surface area (Å²) in [6.45, 7) is 19.0. The molecule has 2 aromatic carbocycles. The van der Waals surface area contributed by atoms with Crippen LogP contribution in [-0.4, -0.2) is 118 Å². The first kappa shape index (κ1) is 58.3. The van der Waals surface area contributed by atoms with Crippen LogP contribution >= 0.6 is 0 Å². The summed E-state index contributed by atoms with van der Waals surface area (Å²) in [5.74, 6) is 0. The van der Waals surface area contributed by atoms with Crippen molar-refractivity contribution in [2.24, 2.45) is 10.8 Å². The number of carbonyl (C=O) groups excluding carboxylic acids is 2. The maximum Gasteiger partial charge on any atom is 0.407 e. The molecule has 0 aliphatic heterocycles. The number of alkyl carbamates (subject to hydrolysis) is 2. The van der Waals surface area contributed by atoms with E-state index in [4.69, 9.17) is 9.47 Å². The van der Waals surface area contributed by atoms with E-state index in [1.54, 1.807) is 47.5 Å². The van der Waals surface area contributed by atoms with Gasteiger partial charge < -0.3 is 30.3 Å². The van der Waals surface area contributed by atoms with E-state index in [2.05, 4.69) is 40.2 Å². The quantitative estimate of drug-likeness (QED) is 0.0494. The van der Waals surface area contributed by atoms with Crippen molar-refractivity contribution < 1.29 is 46.1 Å². The van der Waals surface area contributed by atoms with Crippen LogP contribution in [-0.2, 0) is 42.6 Å². The largest absolute Gasteiger partial charge is 0.444 e. The third-order valence-corrected chi connectivity index (χ3v) is 14.4. The molecule has 0 aliphatic carbocycles. The second-order valence-corrected chi connectivity index (χ2v) is 23.6. The Labute approximate surface area is 434 Å². The summed E-state index contributed by atoms with van der Waals surface area (Å²) < 4.78 is 68.8. The van der Waals surface area contributed by atoms with Crippen molar-refractivity contribution in [2.45, 2.75) is 129 Å². The van der Waals surface area contributed by atoms with Gasteiger partial charge in [0.25, 0.3) is 20.0 Å². The lowest BCUT2D eigenvalue weighted by atomic mass is 9.89. The third kappa shape index (κ3) is 17.8. The molecule has 2 amide bonds. The first-order chi connectivity index (χ1) is 34.7. The van der Waals surface area contributed by atoms with Crippen molar-refractivity contribution >= 4 is 32.2 Å². The fraction of sp³-hybridized carbons (Fsp3) is 0.423. The van der Waals surface area contributed by atoms with Gasteiger partial charge in [0.05, 0.1) is 48.8 Å². The second kappa shape index (κ2) is 25.6. The van der Waals surface area contributed by atoms with Crippen molar-refractivity contribution in [3.63, 3.8) is 0 Å². The number of ether oxygens (including phenoxy) is 2. The molecule has 0 bridgehead atoms. The Kier molecular flexibility index (Phi) is 20.2. The summed E-state index contributed by atoms with van der Waals surface area (Å²) in [4.78, 5) is 32.9. The number of rotatable bonds is 20. The molecule has 6 atom stereocenters. The normalized spacial score (nSPS) is 14.5. The monoisotopic (exact) mass is 1060 g/mol. The predicted molar refractivity (Wildman–Crippen MR) is 280 cm³/mol. The second-order valence-electron chi connectivity index (χ2n) is 20.1. The van der Waals surface area contributed by atoms with E-state index >= 15 is 0 Å². The summed E-state index contributed by atoms with van der Waals surface area (Å²) in [5, 5.41) is 34.9. The first-order valence-electron chi connectivity index (χ1n) is 24.0. The molecule has 0 saturated carbocycles. The lowest BCUT2D eigenvalue weighted by Crippen LogP contribution is -2.48. The number of aliphatic hydroxyl groups is 2. The van der Waals surface area contributed by atoms with Gasteiger partial charge in [0.15, 0.2) is 10.1 Å². The van der Waals surface area contributed by atoms with Gasteiger partial charge in [-0.1, -0.05) is 113 Å². The number of pyridine rings is 2. The number of sulfonamides is 2. The molecule has 0 saturated heterocycles. The molecule has 0 spiro atoms. The standard InChI is InChI=1S/2C26H35N5O5S/c2*1-18-9-11-20(12-10-18)21-13-15-31(30-21)17-23(26(3,4)5)36-25(33)29-19(2)22(32)16-28-37(34,35)24-8-6-7-14-27-24/h2*6-15,19,22-23,28,32H,16-17H2,1-5H3,(H,29,33)/t19-,22+,23+;19-,22-,23+/m00/s1. The Bertz CT molecular complexity index is 2740. The van der Waals surface area contributed by atoms with E-state index in [9.17, 15) is 36.6 Å². The molecule has 400 valence electrons. The van der Waals surface area contributed by atoms with Crippen molar-refractivity contribution in [1.82, 2.24) is 49.6 Å². The van der Waals surface area contributed by atoms with Crippen LogP contribution in [0.1, 0.15) is 66.5 Å². The summed E-state index contributed by atoms with van der Waals surface area (Å²) in [7, 11) is -7.77. The van der Waals surface area contributed by atoms with Crippen LogP contribution in [0.4, 0.5) is 9.59 Å². The Morgan fingerprint density at radius 1 is 0.568 bits per heavy atom. The van der Waals surface area contributed by atoms with Crippen molar-refractivity contribution in [2.75, 3.05) is 13.1 Å². The van der Waals surface area contributed by atoms with Crippen molar-refractivity contribution in [1.29, 1.82) is 0 Å². The highest BCUT2D eigenvalue weighted by Crippen LogP contribution is 2.27. The molecule has 22 heteroatoms. The number of aliphatic hydroxyl groups excluding tert-OH is 2. The van der Waals surface area contributed by atoms with E-state index in [-0.39, 0.29) is 23.1 Å². The molecule has 6 rings (SSSR count). The van der Waals surface area contributed by atoms with Crippen LogP contribution in [0.25, 0.3) is 22.5 Å². The number of hydrogen-bond acceptors (Lipinski definition) is 14. The van der Waals surface area contributed by atoms with Gasteiger partial charge in [-0.3, -0.25) is 9.36 Å². The Morgan fingerprint density at radius 3 is 1.23 bits per heavy atom. The molecule has 20 nitrogen and oxygen atoms in total. The lowest BCUT2D eigenvalue weighted by Gasteiger charge is -2.31. The Balaban J connectivity index is 0.000000274. The third-order valence-electron chi connectivity index (χ3n) is 11.7. The molecule has 6 N–H and O–H groups in total. The molecule has 4 heterocycles. The molecule has 0 fully saturated rings. The number of aryl methyl sites for hydroxylation is 2. The van der Waals surface area contributed by atoms with E-state index in [0.29, 0.717) is 13.1 Å². The van der Waals surface area contributed by atoms with Crippen molar-refractivity contribution in [3.8, 4) is 22.5 Å². The minimum absolute atomic E-state index is 0.153. The number of carbonyl (C=O) groups is 2. The van der Waals surface area contributed by atoms with E-state index in [1.165, 1.54) is 35.7 Å². The zero-order chi connectivity index (χ0) is 54.4. The van der Waals surface area contributed by atoms with Gasteiger partial charge in [0.2, 0.25) is 0 Å². The van der Waals surface area contributed by atoms with Gasteiger partial charge in [-0.2, -0.15) is 10.2 Å². The average Bonchev–Trinajstić information content (AvgIpc) is 4.03. The first-order valence-corrected chi connectivity index (χ1v) is 27.0. The number of benzene rings is 2. The van der Waals surface area contributed by atoms with Crippen LogP contribution in [0.2, 0.25) is 0 Å². The summed E-state index contributed by atoms with van der Waals surface area (Å²) in [6.07, 6.45) is 1.55. The number of aromatic nitrogens is 6. The zero-order valence-electron chi connectivity index (χ0n) is 43.5. The van der Waals surface area contributed by atoms with Crippen LogP contribution in [0, 0.1) is 24.7 Å². The van der Waals surface area contributed by atoms with E-state index < -0.39 is 79.6 Å². The van der Waals surface area contributed by atoms with Crippen LogP contribution in [0.15, 0.2) is 132 Å². The topological polar surface area (TPSA) is 271 Å².